The van der Waals surface area contributed by atoms with Gasteiger partial charge in [0.25, 0.3) is 0 Å². The topological polar surface area (TPSA) is 27.7 Å². The minimum absolute atomic E-state index is 0.411. The third-order valence-corrected chi connectivity index (χ3v) is 3.80. The number of nitrogens with one attached hydrogen (secondary N) is 1. The number of morpholine rings is 1. The number of rotatable bonds is 3. The summed E-state index contributed by atoms with van der Waals surface area (Å²) in [4.78, 5) is 5.06. The Hall–Kier alpha value is -0.160. The monoisotopic (exact) mass is 241 g/mol. The van der Waals surface area contributed by atoms with Crippen LogP contribution in [0.15, 0.2) is 0 Å². The second-order valence-electron chi connectivity index (χ2n) is 5.45. The smallest absolute Gasteiger partial charge is 0.0829 e. The van der Waals surface area contributed by atoms with Crippen LogP contribution in [-0.4, -0.2) is 74.9 Å². The lowest BCUT2D eigenvalue weighted by Crippen LogP contribution is -2.48. The Bertz CT molecular complexity index is 225. The van der Waals surface area contributed by atoms with Gasteiger partial charge in [0.2, 0.25) is 0 Å². The normalized spacial score (nSPS) is 33.5. The van der Waals surface area contributed by atoms with E-state index >= 15 is 0 Å². The van der Waals surface area contributed by atoms with Gasteiger partial charge in [-0.05, 0) is 19.0 Å². The summed E-state index contributed by atoms with van der Waals surface area (Å²) in [5.41, 5.74) is 0. The van der Waals surface area contributed by atoms with E-state index in [9.17, 15) is 0 Å². The van der Waals surface area contributed by atoms with E-state index in [4.69, 9.17) is 4.74 Å². The van der Waals surface area contributed by atoms with Gasteiger partial charge in [0.05, 0.1) is 12.7 Å². The van der Waals surface area contributed by atoms with Gasteiger partial charge in [-0.2, -0.15) is 0 Å². The van der Waals surface area contributed by atoms with Crippen molar-refractivity contribution >= 4 is 0 Å². The molecular formula is C13H27N3O. The molecule has 0 aromatic carbocycles. The molecule has 100 valence electrons. The summed E-state index contributed by atoms with van der Waals surface area (Å²) < 4.78 is 5.89. The summed E-state index contributed by atoms with van der Waals surface area (Å²) in [6.45, 7) is 14.6. The van der Waals surface area contributed by atoms with Crippen molar-refractivity contribution in [2.45, 2.75) is 20.0 Å². The first kappa shape index (κ1) is 13.3. The molecule has 0 bridgehead atoms. The summed E-state index contributed by atoms with van der Waals surface area (Å²) in [6, 6.07) is 0. The lowest BCUT2D eigenvalue weighted by atomic mass is 10.1. The van der Waals surface area contributed by atoms with Crippen molar-refractivity contribution in [3.63, 3.8) is 0 Å². The molecule has 0 aromatic rings. The number of ether oxygens (including phenoxy) is 1. The van der Waals surface area contributed by atoms with Gasteiger partial charge >= 0.3 is 0 Å². The molecule has 2 aliphatic rings. The molecule has 0 amide bonds. The van der Waals surface area contributed by atoms with E-state index in [2.05, 4.69) is 29.0 Å². The summed E-state index contributed by atoms with van der Waals surface area (Å²) in [5.74, 6) is 0.753. The Morgan fingerprint density at radius 2 is 2.12 bits per heavy atom. The molecule has 0 spiro atoms. The van der Waals surface area contributed by atoms with Crippen molar-refractivity contribution in [1.29, 1.82) is 0 Å². The first-order valence-electron chi connectivity index (χ1n) is 7.05. The number of hydrogen-bond acceptors (Lipinski definition) is 4. The van der Waals surface area contributed by atoms with E-state index in [1.807, 2.05) is 0 Å². The van der Waals surface area contributed by atoms with Crippen LogP contribution in [0.5, 0.6) is 0 Å². The van der Waals surface area contributed by atoms with E-state index in [0.29, 0.717) is 6.10 Å². The fraction of sp³-hybridized carbons (Fsp3) is 1.00. The molecule has 2 fully saturated rings. The average molecular weight is 241 g/mol. The quantitative estimate of drug-likeness (QED) is 0.766. The zero-order chi connectivity index (χ0) is 12.1. The van der Waals surface area contributed by atoms with Crippen molar-refractivity contribution in [2.24, 2.45) is 5.92 Å². The maximum atomic E-state index is 5.89. The third kappa shape index (κ3) is 4.21. The average Bonchev–Trinajstić information content (AvgIpc) is 2.54. The van der Waals surface area contributed by atoms with Gasteiger partial charge in [0.1, 0.15) is 0 Å². The lowest BCUT2D eigenvalue weighted by molar-refractivity contribution is -0.0420. The highest BCUT2D eigenvalue weighted by Crippen LogP contribution is 2.09. The van der Waals surface area contributed by atoms with Crippen molar-refractivity contribution in [3.8, 4) is 0 Å². The van der Waals surface area contributed by atoms with Crippen molar-refractivity contribution < 1.29 is 4.74 Å². The Morgan fingerprint density at radius 3 is 2.94 bits per heavy atom. The molecule has 2 unspecified atom stereocenters. The highest BCUT2D eigenvalue weighted by Gasteiger charge is 2.23. The first-order valence-corrected chi connectivity index (χ1v) is 7.05. The van der Waals surface area contributed by atoms with Gasteiger partial charge in [-0.3, -0.25) is 9.80 Å². The maximum absolute atomic E-state index is 5.89. The van der Waals surface area contributed by atoms with E-state index in [0.717, 1.165) is 58.3 Å². The predicted octanol–water partition coefficient (Wildman–Crippen LogP) is 0.248. The second-order valence-corrected chi connectivity index (χ2v) is 5.45. The predicted molar refractivity (Wildman–Crippen MR) is 70.3 cm³/mol. The van der Waals surface area contributed by atoms with Gasteiger partial charge in [0.15, 0.2) is 0 Å². The van der Waals surface area contributed by atoms with E-state index in [-0.39, 0.29) is 0 Å². The number of nitrogens with zero attached hydrogens (tertiary/aromatic N) is 2. The molecule has 4 heteroatoms. The molecule has 0 saturated carbocycles. The van der Waals surface area contributed by atoms with E-state index in [1.54, 1.807) is 0 Å². The van der Waals surface area contributed by atoms with Crippen molar-refractivity contribution in [1.82, 2.24) is 15.1 Å². The Kier molecular flexibility index (Phi) is 5.22. The molecule has 2 atom stereocenters. The fourth-order valence-corrected chi connectivity index (χ4v) is 2.81. The van der Waals surface area contributed by atoms with Gasteiger partial charge < -0.3 is 10.1 Å². The SMILES string of the molecule is CCN1CCOC(CN2CCNCC(C)C2)C1. The van der Waals surface area contributed by atoms with Gasteiger partial charge in [-0.25, -0.2) is 0 Å². The zero-order valence-corrected chi connectivity index (χ0v) is 11.3. The highest BCUT2D eigenvalue weighted by molar-refractivity contribution is 4.77. The molecular weight excluding hydrogens is 214 g/mol. The Morgan fingerprint density at radius 1 is 1.24 bits per heavy atom. The molecule has 2 aliphatic heterocycles. The van der Waals surface area contributed by atoms with Crippen LogP contribution in [0.25, 0.3) is 0 Å². The van der Waals surface area contributed by atoms with Gasteiger partial charge in [-0.15, -0.1) is 0 Å². The summed E-state index contributed by atoms with van der Waals surface area (Å²) in [6.07, 6.45) is 0.411. The lowest BCUT2D eigenvalue weighted by Gasteiger charge is -2.35. The summed E-state index contributed by atoms with van der Waals surface area (Å²) in [7, 11) is 0. The van der Waals surface area contributed by atoms with Crippen LogP contribution < -0.4 is 5.32 Å². The summed E-state index contributed by atoms with van der Waals surface area (Å²) in [5, 5.41) is 3.49. The van der Waals surface area contributed by atoms with Gasteiger partial charge in [0, 0.05) is 39.3 Å². The van der Waals surface area contributed by atoms with Crippen LogP contribution in [-0.2, 0) is 4.74 Å². The molecule has 2 rings (SSSR count). The van der Waals surface area contributed by atoms with E-state index < -0.39 is 0 Å². The molecule has 2 saturated heterocycles. The number of likely N-dealkylation sites (N-methyl/N-ethyl adjacent to an activating group) is 1. The molecule has 0 aliphatic carbocycles. The van der Waals surface area contributed by atoms with Crippen LogP contribution in [0, 0.1) is 5.92 Å². The summed E-state index contributed by atoms with van der Waals surface area (Å²) >= 11 is 0. The minimum Gasteiger partial charge on any atom is -0.374 e. The second kappa shape index (κ2) is 6.69. The van der Waals surface area contributed by atoms with Crippen LogP contribution in [0.3, 0.4) is 0 Å². The molecule has 1 N–H and O–H groups in total. The van der Waals surface area contributed by atoms with Crippen LogP contribution in [0.1, 0.15) is 13.8 Å². The highest BCUT2D eigenvalue weighted by atomic mass is 16.5. The Labute approximate surface area is 105 Å². The standard InChI is InChI=1S/C13H27N3O/c1-3-15-6-7-17-13(10-15)11-16-5-4-14-8-12(2)9-16/h12-14H,3-11H2,1-2H3. The maximum Gasteiger partial charge on any atom is 0.0829 e. The Balaban J connectivity index is 1.78. The van der Waals surface area contributed by atoms with Crippen LogP contribution >= 0.6 is 0 Å². The molecule has 4 nitrogen and oxygen atoms in total. The van der Waals surface area contributed by atoms with Crippen LogP contribution in [0.2, 0.25) is 0 Å². The van der Waals surface area contributed by atoms with E-state index in [1.165, 1.54) is 6.54 Å². The molecule has 2 heterocycles. The zero-order valence-electron chi connectivity index (χ0n) is 11.3. The fourth-order valence-electron chi connectivity index (χ4n) is 2.81. The first-order chi connectivity index (χ1) is 8.28. The molecule has 0 radical (unpaired) electrons. The number of hydrogen-bond donors (Lipinski definition) is 1. The van der Waals surface area contributed by atoms with Crippen LogP contribution in [0.4, 0.5) is 0 Å². The van der Waals surface area contributed by atoms with Gasteiger partial charge in [-0.1, -0.05) is 13.8 Å². The van der Waals surface area contributed by atoms with Crippen molar-refractivity contribution in [2.75, 3.05) is 59.0 Å². The molecule has 0 aromatic heterocycles. The third-order valence-electron chi connectivity index (χ3n) is 3.80. The molecule has 17 heavy (non-hydrogen) atoms. The minimum atomic E-state index is 0.411. The van der Waals surface area contributed by atoms with Crippen molar-refractivity contribution in [3.05, 3.63) is 0 Å². The largest absolute Gasteiger partial charge is 0.374 e.